The lowest BCUT2D eigenvalue weighted by Crippen LogP contribution is -2.32. The summed E-state index contributed by atoms with van der Waals surface area (Å²) >= 11 is 0. The quantitative estimate of drug-likeness (QED) is 0.919. The third-order valence-electron chi connectivity index (χ3n) is 4.68. The summed E-state index contributed by atoms with van der Waals surface area (Å²) in [5, 5.41) is 2.89. The Kier molecular flexibility index (Phi) is 6.00. The van der Waals surface area contributed by atoms with E-state index in [2.05, 4.69) is 10.3 Å². The molecule has 1 aromatic carbocycles. The number of aryl methyl sites for hydroxylation is 1. The van der Waals surface area contributed by atoms with Gasteiger partial charge in [0.25, 0.3) is 11.8 Å². The van der Waals surface area contributed by atoms with E-state index in [0.29, 0.717) is 17.7 Å². The van der Waals surface area contributed by atoms with E-state index in [-0.39, 0.29) is 11.8 Å². The van der Waals surface area contributed by atoms with Gasteiger partial charge in [0.1, 0.15) is 0 Å². The highest BCUT2D eigenvalue weighted by Crippen LogP contribution is 2.14. The van der Waals surface area contributed by atoms with Crippen molar-refractivity contribution in [1.82, 2.24) is 15.2 Å². The van der Waals surface area contributed by atoms with Gasteiger partial charge >= 0.3 is 0 Å². The molecule has 0 aliphatic carbocycles. The van der Waals surface area contributed by atoms with E-state index >= 15 is 0 Å². The number of nitrogens with one attached hydrogen (secondary N) is 1. The molecule has 5 heteroatoms. The second-order valence-electron chi connectivity index (χ2n) is 6.84. The predicted molar refractivity (Wildman–Crippen MR) is 101 cm³/mol. The molecule has 2 aromatic rings. The van der Waals surface area contributed by atoms with E-state index in [1.807, 2.05) is 36.1 Å². The fourth-order valence-electron chi connectivity index (χ4n) is 3.24. The van der Waals surface area contributed by atoms with E-state index in [1.54, 1.807) is 12.3 Å². The molecule has 0 bridgehead atoms. The number of carbonyl (C=O) groups excluding carboxylic acids is 2. The Bertz CT molecular complexity index is 780. The minimum Gasteiger partial charge on any atom is -0.348 e. The molecule has 5 nitrogen and oxygen atoms in total. The lowest BCUT2D eigenvalue weighted by molar-refractivity contribution is 0.0761. The Balaban J connectivity index is 1.66. The van der Waals surface area contributed by atoms with Crippen LogP contribution in [0.3, 0.4) is 0 Å². The summed E-state index contributed by atoms with van der Waals surface area (Å²) < 4.78 is 0. The van der Waals surface area contributed by atoms with Crippen LogP contribution < -0.4 is 5.32 Å². The molecule has 1 aliphatic rings. The molecule has 0 spiro atoms. The van der Waals surface area contributed by atoms with E-state index in [0.717, 1.165) is 37.1 Å². The van der Waals surface area contributed by atoms with Crippen molar-refractivity contribution in [2.24, 2.45) is 0 Å². The maximum Gasteiger partial charge on any atom is 0.255 e. The second-order valence-corrected chi connectivity index (χ2v) is 6.84. The Morgan fingerprint density at radius 1 is 1.04 bits per heavy atom. The van der Waals surface area contributed by atoms with Crippen molar-refractivity contribution in [3.8, 4) is 0 Å². The predicted octanol–water partition coefficient (Wildman–Crippen LogP) is 3.34. The van der Waals surface area contributed by atoms with Gasteiger partial charge < -0.3 is 10.2 Å². The Morgan fingerprint density at radius 2 is 1.77 bits per heavy atom. The first kappa shape index (κ1) is 18.1. The van der Waals surface area contributed by atoms with Crippen molar-refractivity contribution < 1.29 is 9.59 Å². The van der Waals surface area contributed by atoms with Gasteiger partial charge in [0.15, 0.2) is 0 Å². The molecule has 1 N–H and O–H groups in total. The molecule has 0 radical (unpaired) electrons. The van der Waals surface area contributed by atoms with Crippen molar-refractivity contribution in [2.45, 2.75) is 39.2 Å². The van der Waals surface area contributed by atoms with E-state index < -0.39 is 0 Å². The summed E-state index contributed by atoms with van der Waals surface area (Å²) in [6.45, 7) is 4.03. The van der Waals surface area contributed by atoms with Crippen molar-refractivity contribution in [2.75, 3.05) is 13.1 Å². The van der Waals surface area contributed by atoms with E-state index in [1.165, 1.54) is 19.0 Å². The summed E-state index contributed by atoms with van der Waals surface area (Å²) in [5.41, 5.74) is 3.10. The minimum atomic E-state index is -0.218. The fraction of sp³-hybridized carbons (Fsp3) is 0.381. The van der Waals surface area contributed by atoms with Crippen LogP contribution in [0.4, 0.5) is 0 Å². The summed E-state index contributed by atoms with van der Waals surface area (Å²) in [5.74, 6) is -0.253. The number of likely N-dealkylation sites (tertiary alicyclic amines) is 1. The zero-order chi connectivity index (χ0) is 18.4. The number of benzene rings is 1. The van der Waals surface area contributed by atoms with Crippen LogP contribution in [0.1, 0.15) is 57.5 Å². The van der Waals surface area contributed by atoms with E-state index in [4.69, 9.17) is 0 Å². The zero-order valence-corrected chi connectivity index (χ0v) is 15.2. The fourth-order valence-corrected chi connectivity index (χ4v) is 3.24. The maximum atomic E-state index is 12.7. The van der Waals surface area contributed by atoms with Gasteiger partial charge in [-0.3, -0.25) is 14.6 Å². The molecule has 26 heavy (non-hydrogen) atoms. The zero-order valence-electron chi connectivity index (χ0n) is 15.2. The van der Waals surface area contributed by atoms with Gasteiger partial charge in [-0.2, -0.15) is 0 Å². The van der Waals surface area contributed by atoms with Gasteiger partial charge in [-0.25, -0.2) is 0 Å². The second kappa shape index (κ2) is 8.61. The normalized spacial score (nSPS) is 14.6. The van der Waals surface area contributed by atoms with Crippen molar-refractivity contribution in [3.05, 3.63) is 65.0 Å². The number of amides is 2. The van der Waals surface area contributed by atoms with Crippen molar-refractivity contribution in [3.63, 3.8) is 0 Å². The molecule has 2 heterocycles. The summed E-state index contributed by atoms with van der Waals surface area (Å²) in [6.07, 6.45) is 7.47. The number of hydrogen-bond acceptors (Lipinski definition) is 3. The molecule has 0 unspecified atom stereocenters. The molecule has 1 aliphatic heterocycles. The highest BCUT2D eigenvalue weighted by Gasteiger charge is 2.19. The lowest BCUT2D eigenvalue weighted by Gasteiger charge is -2.20. The van der Waals surface area contributed by atoms with E-state index in [9.17, 15) is 9.59 Å². The third kappa shape index (κ3) is 4.69. The van der Waals surface area contributed by atoms with Crippen LogP contribution in [0.25, 0.3) is 0 Å². The van der Waals surface area contributed by atoms with Crippen molar-refractivity contribution >= 4 is 11.8 Å². The Morgan fingerprint density at radius 3 is 2.50 bits per heavy atom. The number of carbonyl (C=O) groups is 2. The monoisotopic (exact) mass is 351 g/mol. The van der Waals surface area contributed by atoms with Gasteiger partial charge in [-0.15, -0.1) is 0 Å². The van der Waals surface area contributed by atoms with Crippen molar-refractivity contribution in [1.29, 1.82) is 0 Å². The highest BCUT2D eigenvalue weighted by molar-refractivity contribution is 5.99. The van der Waals surface area contributed by atoms with Crippen LogP contribution in [0.2, 0.25) is 0 Å². The molecule has 136 valence electrons. The van der Waals surface area contributed by atoms with Crippen LogP contribution in [0, 0.1) is 6.92 Å². The SMILES string of the molecule is Cc1cccc(CNC(=O)c2cncc(C(=O)N3CCCCCC3)c2)c1. The molecule has 1 saturated heterocycles. The molecule has 1 aromatic heterocycles. The number of rotatable bonds is 4. The topological polar surface area (TPSA) is 62.3 Å². The standard InChI is InChI=1S/C21H25N3O2/c1-16-7-6-8-17(11-16)13-23-20(25)18-12-19(15-22-14-18)21(26)24-9-4-2-3-5-10-24/h6-8,11-12,14-15H,2-5,9-10,13H2,1H3,(H,23,25). The number of nitrogens with zero attached hydrogens (tertiary/aromatic N) is 2. The van der Waals surface area contributed by atoms with Crippen LogP contribution >= 0.6 is 0 Å². The Hall–Kier alpha value is -2.69. The van der Waals surface area contributed by atoms with Gasteiger partial charge in [-0.05, 0) is 31.4 Å². The lowest BCUT2D eigenvalue weighted by atomic mass is 10.1. The van der Waals surface area contributed by atoms with Crippen LogP contribution in [-0.4, -0.2) is 34.8 Å². The molecular formula is C21H25N3O2. The van der Waals surface area contributed by atoms with Gasteiger partial charge in [0.05, 0.1) is 11.1 Å². The molecular weight excluding hydrogens is 326 g/mol. The van der Waals surface area contributed by atoms with Gasteiger partial charge in [0.2, 0.25) is 0 Å². The molecule has 2 amide bonds. The first-order valence-corrected chi connectivity index (χ1v) is 9.21. The molecule has 1 fully saturated rings. The first-order valence-electron chi connectivity index (χ1n) is 9.21. The Labute approximate surface area is 154 Å². The van der Waals surface area contributed by atoms with Crippen LogP contribution in [0.15, 0.2) is 42.7 Å². The number of hydrogen-bond donors (Lipinski definition) is 1. The highest BCUT2D eigenvalue weighted by atomic mass is 16.2. The summed E-state index contributed by atoms with van der Waals surface area (Å²) in [6, 6.07) is 9.65. The average Bonchev–Trinajstić information content (AvgIpc) is 2.95. The minimum absolute atomic E-state index is 0.0345. The molecule has 0 atom stereocenters. The van der Waals surface area contributed by atoms with Gasteiger partial charge in [-0.1, -0.05) is 42.7 Å². The summed E-state index contributed by atoms with van der Waals surface area (Å²) in [7, 11) is 0. The number of aromatic nitrogens is 1. The molecule has 0 saturated carbocycles. The molecule has 3 rings (SSSR count). The number of pyridine rings is 1. The third-order valence-corrected chi connectivity index (χ3v) is 4.68. The largest absolute Gasteiger partial charge is 0.348 e. The smallest absolute Gasteiger partial charge is 0.255 e. The first-order chi connectivity index (χ1) is 12.6. The van der Waals surface area contributed by atoms with Crippen LogP contribution in [0.5, 0.6) is 0 Å². The maximum absolute atomic E-state index is 12.7. The van der Waals surface area contributed by atoms with Crippen LogP contribution in [-0.2, 0) is 6.54 Å². The van der Waals surface area contributed by atoms with Gasteiger partial charge in [0, 0.05) is 32.0 Å². The summed E-state index contributed by atoms with van der Waals surface area (Å²) in [4.78, 5) is 31.1. The average molecular weight is 351 g/mol.